The van der Waals surface area contributed by atoms with Crippen molar-refractivity contribution in [1.82, 2.24) is 0 Å². The lowest BCUT2D eigenvalue weighted by Crippen LogP contribution is -2.07. The maximum absolute atomic E-state index is 12.3. The van der Waals surface area contributed by atoms with Crippen LogP contribution in [0.4, 0.5) is 14.5 Å². The zero-order valence-electron chi connectivity index (χ0n) is 10.2. The van der Waals surface area contributed by atoms with Crippen LogP contribution in [0.25, 0.3) is 0 Å². The number of benzene rings is 2. The standard InChI is InChI=1S/C14H11BrClF2NO/c15-10-5-6-11(16)12(7-10)19-8-9-3-1-2-4-13(9)20-14(17)18/h1-7,14,19H,8H2. The molecule has 0 atom stereocenters. The van der Waals surface area contributed by atoms with E-state index >= 15 is 0 Å². The number of halogens is 4. The van der Waals surface area contributed by atoms with E-state index in [1.54, 1.807) is 24.3 Å². The minimum Gasteiger partial charge on any atom is -0.434 e. The Labute approximate surface area is 128 Å². The van der Waals surface area contributed by atoms with Crippen LogP contribution in [0.2, 0.25) is 5.02 Å². The summed E-state index contributed by atoms with van der Waals surface area (Å²) in [4.78, 5) is 0. The number of anilines is 1. The second kappa shape index (κ2) is 6.90. The van der Waals surface area contributed by atoms with E-state index in [0.29, 0.717) is 22.8 Å². The van der Waals surface area contributed by atoms with Crippen LogP contribution < -0.4 is 10.1 Å². The zero-order valence-corrected chi connectivity index (χ0v) is 12.6. The number of para-hydroxylation sites is 1. The Hall–Kier alpha value is -1.33. The molecule has 1 N–H and O–H groups in total. The highest BCUT2D eigenvalue weighted by Gasteiger charge is 2.09. The summed E-state index contributed by atoms with van der Waals surface area (Å²) in [5.74, 6) is 0.154. The Morgan fingerprint density at radius 3 is 2.70 bits per heavy atom. The smallest absolute Gasteiger partial charge is 0.387 e. The summed E-state index contributed by atoms with van der Waals surface area (Å²) in [6.07, 6.45) is 0. The van der Waals surface area contributed by atoms with Crippen molar-refractivity contribution in [3.05, 3.63) is 57.5 Å². The fourth-order valence-corrected chi connectivity index (χ4v) is 2.23. The second-order valence-electron chi connectivity index (χ2n) is 3.96. The predicted molar refractivity (Wildman–Crippen MR) is 79.6 cm³/mol. The minimum absolute atomic E-state index is 0.154. The van der Waals surface area contributed by atoms with Crippen molar-refractivity contribution in [3.63, 3.8) is 0 Å². The molecule has 0 amide bonds. The van der Waals surface area contributed by atoms with Crippen molar-refractivity contribution in [1.29, 1.82) is 0 Å². The summed E-state index contributed by atoms with van der Waals surface area (Å²) < 4.78 is 30.0. The van der Waals surface area contributed by atoms with Crippen molar-refractivity contribution in [2.45, 2.75) is 13.2 Å². The van der Waals surface area contributed by atoms with Crippen LogP contribution in [0.5, 0.6) is 5.75 Å². The molecule has 0 unspecified atom stereocenters. The van der Waals surface area contributed by atoms with Crippen molar-refractivity contribution in [2.75, 3.05) is 5.32 Å². The van der Waals surface area contributed by atoms with Gasteiger partial charge in [0.25, 0.3) is 0 Å². The van der Waals surface area contributed by atoms with Gasteiger partial charge in [-0.25, -0.2) is 0 Å². The molecule has 20 heavy (non-hydrogen) atoms. The highest BCUT2D eigenvalue weighted by Crippen LogP contribution is 2.27. The van der Waals surface area contributed by atoms with Crippen molar-refractivity contribution >= 4 is 33.2 Å². The first-order valence-electron chi connectivity index (χ1n) is 5.78. The Morgan fingerprint density at radius 1 is 1.20 bits per heavy atom. The van der Waals surface area contributed by atoms with E-state index in [1.165, 1.54) is 6.07 Å². The molecule has 0 aromatic heterocycles. The number of ether oxygens (including phenoxy) is 1. The number of alkyl halides is 2. The quantitative estimate of drug-likeness (QED) is 0.777. The highest BCUT2D eigenvalue weighted by molar-refractivity contribution is 9.10. The molecule has 0 saturated heterocycles. The molecule has 106 valence electrons. The van der Waals surface area contributed by atoms with E-state index in [9.17, 15) is 8.78 Å². The first-order chi connectivity index (χ1) is 9.56. The maximum atomic E-state index is 12.3. The van der Waals surface area contributed by atoms with E-state index in [0.717, 1.165) is 4.47 Å². The molecule has 0 aliphatic rings. The van der Waals surface area contributed by atoms with Crippen LogP contribution in [0, 0.1) is 0 Å². The molecule has 2 rings (SSSR count). The van der Waals surface area contributed by atoms with Gasteiger partial charge in [0.05, 0.1) is 10.7 Å². The molecule has 2 aromatic rings. The molecular formula is C14H11BrClF2NO. The van der Waals surface area contributed by atoms with Crippen molar-refractivity contribution in [3.8, 4) is 5.75 Å². The summed E-state index contributed by atoms with van der Waals surface area (Å²) in [5.41, 5.74) is 1.34. The molecule has 0 heterocycles. The third-order valence-corrected chi connectivity index (χ3v) is 3.41. The summed E-state index contributed by atoms with van der Waals surface area (Å²) in [5, 5.41) is 3.65. The van der Waals surface area contributed by atoms with Gasteiger partial charge in [-0.15, -0.1) is 0 Å². The van der Waals surface area contributed by atoms with Crippen LogP contribution in [0.15, 0.2) is 46.9 Å². The maximum Gasteiger partial charge on any atom is 0.387 e. The zero-order chi connectivity index (χ0) is 14.5. The van der Waals surface area contributed by atoms with Crippen molar-refractivity contribution < 1.29 is 13.5 Å². The van der Waals surface area contributed by atoms with Crippen LogP contribution >= 0.6 is 27.5 Å². The summed E-state index contributed by atoms with van der Waals surface area (Å²) in [6.45, 7) is -2.51. The molecular weight excluding hydrogens is 352 g/mol. The lowest BCUT2D eigenvalue weighted by Gasteiger charge is -2.13. The van der Waals surface area contributed by atoms with Gasteiger partial charge in [0, 0.05) is 16.6 Å². The normalized spacial score (nSPS) is 10.7. The summed E-state index contributed by atoms with van der Waals surface area (Å²) in [6, 6.07) is 12.0. The molecule has 0 saturated carbocycles. The van der Waals surface area contributed by atoms with Crippen LogP contribution in [0.1, 0.15) is 5.56 Å². The lowest BCUT2D eigenvalue weighted by atomic mass is 10.2. The van der Waals surface area contributed by atoms with Gasteiger partial charge in [0.1, 0.15) is 5.75 Å². The third-order valence-electron chi connectivity index (χ3n) is 2.59. The van der Waals surface area contributed by atoms with Crippen LogP contribution in [-0.4, -0.2) is 6.61 Å². The van der Waals surface area contributed by atoms with Crippen LogP contribution in [0.3, 0.4) is 0 Å². The summed E-state index contributed by atoms with van der Waals surface area (Å²) >= 11 is 9.40. The molecule has 0 aliphatic heterocycles. The van der Waals surface area contributed by atoms with Gasteiger partial charge in [-0.05, 0) is 24.3 Å². The van der Waals surface area contributed by atoms with Gasteiger partial charge in [-0.1, -0.05) is 45.7 Å². The molecule has 0 bridgehead atoms. The number of hydrogen-bond donors (Lipinski definition) is 1. The second-order valence-corrected chi connectivity index (χ2v) is 5.29. The number of hydrogen-bond acceptors (Lipinski definition) is 2. The fourth-order valence-electron chi connectivity index (χ4n) is 1.68. The van der Waals surface area contributed by atoms with Gasteiger partial charge in [-0.2, -0.15) is 8.78 Å². The van der Waals surface area contributed by atoms with E-state index in [2.05, 4.69) is 26.0 Å². The van der Waals surface area contributed by atoms with Gasteiger partial charge in [0.15, 0.2) is 0 Å². The van der Waals surface area contributed by atoms with Gasteiger partial charge in [-0.3, -0.25) is 0 Å². The lowest BCUT2D eigenvalue weighted by molar-refractivity contribution is -0.0504. The van der Waals surface area contributed by atoms with E-state index in [-0.39, 0.29) is 5.75 Å². The van der Waals surface area contributed by atoms with E-state index in [4.69, 9.17) is 11.6 Å². The average Bonchev–Trinajstić information content (AvgIpc) is 2.41. The Balaban J connectivity index is 2.12. The molecule has 0 spiro atoms. The number of rotatable bonds is 5. The molecule has 0 fully saturated rings. The topological polar surface area (TPSA) is 21.3 Å². The Kier molecular flexibility index (Phi) is 5.20. The van der Waals surface area contributed by atoms with E-state index in [1.807, 2.05) is 12.1 Å². The largest absolute Gasteiger partial charge is 0.434 e. The van der Waals surface area contributed by atoms with Gasteiger partial charge in [0.2, 0.25) is 0 Å². The Morgan fingerprint density at radius 2 is 1.95 bits per heavy atom. The third kappa shape index (κ3) is 4.08. The number of nitrogens with one attached hydrogen (secondary N) is 1. The molecule has 6 heteroatoms. The predicted octanol–water partition coefficient (Wildman–Crippen LogP) is 5.32. The molecule has 0 radical (unpaired) electrons. The first-order valence-corrected chi connectivity index (χ1v) is 6.95. The van der Waals surface area contributed by atoms with Gasteiger partial charge >= 0.3 is 6.61 Å². The minimum atomic E-state index is -2.84. The SMILES string of the molecule is FC(F)Oc1ccccc1CNc1cc(Br)ccc1Cl. The monoisotopic (exact) mass is 361 g/mol. The fraction of sp³-hybridized carbons (Fsp3) is 0.143. The summed E-state index contributed by atoms with van der Waals surface area (Å²) in [7, 11) is 0. The van der Waals surface area contributed by atoms with Crippen LogP contribution in [-0.2, 0) is 6.54 Å². The molecule has 0 aliphatic carbocycles. The first kappa shape index (κ1) is 15.1. The average molecular weight is 363 g/mol. The molecule has 2 nitrogen and oxygen atoms in total. The molecule has 2 aromatic carbocycles. The van der Waals surface area contributed by atoms with E-state index < -0.39 is 6.61 Å². The van der Waals surface area contributed by atoms with Gasteiger partial charge < -0.3 is 10.1 Å². The highest BCUT2D eigenvalue weighted by atomic mass is 79.9. The van der Waals surface area contributed by atoms with Crippen molar-refractivity contribution in [2.24, 2.45) is 0 Å². The Bertz CT molecular complexity index is 595.